The molecule has 1 heterocycles. The van der Waals surface area contributed by atoms with Gasteiger partial charge in [0.1, 0.15) is 6.04 Å². The van der Waals surface area contributed by atoms with E-state index < -0.39 is 18.3 Å². The number of esters is 1. The maximum absolute atomic E-state index is 12.2. The molecule has 3 nitrogen and oxygen atoms in total. The molecule has 1 rings (SSSR count). The van der Waals surface area contributed by atoms with Gasteiger partial charge in [-0.25, -0.2) is 4.90 Å². The molecular weight excluding hydrogens is 223 g/mol. The van der Waals surface area contributed by atoms with Gasteiger partial charge in [0.05, 0.1) is 7.11 Å². The summed E-state index contributed by atoms with van der Waals surface area (Å²) in [4.78, 5) is 11.1. The van der Waals surface area contributed by atoms with Crippen LogP contribution in [0, 0.1) is 0 Å². The Kier molecular flexibility index (Phi) is 4.67. The fourth-order valence-electron chi connectivity index (χ4n) is 1.45. The van der Waals surface area contributed by atoms with E-state index in [-0.39, 0.29) is 30.3 Å². The van der Waals surface area contributed by atoms with Crippen LogP contribution < -0.4 is 0 Å². The van der Waals surface area contributed by atoms with Crippen LogP contribution in [0.5, 0.6) is 0 Å². The van der Waals surface area contributed by atoms with Crippen molar-refractivity contribution in [2.24, 2.45) is 0 Å². The summed E-state index contributed by atoms with van der Waals surface area (Å²) in [5, 5.41) is 0. The van der Waals surface area contributed by atoms with Gasteiger partial charge < -0.3 is 4.74 Å². The molecule has 0 amide bonds. The van der Waals surface area contributed by atoms with Crippen LogP contribution in [0.15, 0.2) is 0 Å². The van der Waals surface area contributed by atoms with E-state index in [4.69, 9.17) is 0 Å². The van der Waals surface area contributed by atoms with Crippen LogP contribution >= 0.6 is 12.4 Å². The minimum absolute atomic E-state index is 0. The van der Waals surface area contributed by atoms with Gasteiger partial charge in [-0.05, 0) is 12.8 Å². The highest BCUT2D eigenvalue weighted by Crippen LogP contribution is 2.30. The zero-order valence-corrected chi connectivity index (χ0v) is 8.32. The second-order valence-electron chi connectivity index (χ2n) is 2.84. The lowest BCUT2D eigenvalue weighted by molar-refractivity contribution is -0.251. The normalized spacial score (nSPS) is 23.0. The van der Waals surface area contributed by atoms with Gasteiger partial charge in [-0.3, -0.25) is 4.79 Å². The highest BCUT2D eigenvalue weighted by atomic mass is 35.5. The van der Waals surface area contributed by atoms with Gasteiger partial charge in [-0.15, -0.1) is 12.4 Å². The molecular formula is C7H11ClF3NO2. The number of nitrogens with zero attached hydrogens (tertiary/aromatic N) is 1. The van der Waals surface area contributed by atoms with Crippen molar-refractivity contribution < 1.29 is 22.7 Å². The highest BCUT2D eigenvalue weighted by molar-refractivity contribution is 5.85. The summed E-state index contributed by atoms with van der Waals surface area (Å²) in [6.07, 6.45) is -3.85. The molecule has 0 spiro atoms. The van der Waals surface area contributed by atoms with Crippen molar-refractivity contribution >= 4 is 18.4 Å². The Hall–Kier alpha value is -0.490. The first-order valence-corrected chi connectivity index (χ1v) is 3.88. The molecule has 1 atom stereocenters. The molecule has 0 saturated carbocycles. The Labute approximate surface area is 85.6 Å². The van der Waals surface area contributed by atoms with E-state index in [2.05, 4.69) is 4.74 Å². The minimum atomic E-state index is -4.44. The molecule has 84 valence electrons. The molecule has 1 aliphatic heterocycles. The largest absolute Gasteiger partial charge is 0.468 e. The lowest BCUT2D eigenvalue weighted by atomic mass is 10.2. The van der Waals surface area contributed by atoms with Crippen LogP contribution in [0.1, 0.15) is 12.8 Å². The number of rotatable bonds is 1. The molecule has 0 unspecified atom stereocenters. The summed E-state index contributed by atoms with van der Waals surface area (Å²) in [5.41, 5.74) is 0. The standard InChI is InChI=1S/C7H10F3NO2.ClH/c1-13-6(12)5-3-2-4-11(5)7(8,9)10;/h5H,2-4H2,1H3;1H/t5-;/m1./s1. The van der Waals surface area contributed by atoms with Crippen molar-refractivity contribution in [2.45, 2.75) is 25.2 Å². The number of carbonyl (C=O) groups excluding carboxylic acids is 1. The van der Waals surface area contributed by atoms with Gasteiger partial charge in [0, 0.05) is 6.54 Å². The van der Waals surface area contributed by atoms with Crippen molar-refractivity contribution in [1.29, 1.82) is 0 Å². The second-order valence-corrected chi connectivity index (χ2v) is 2.84. The van der Waals surface area contributed by atoms with Crippen molar-refractivity contribution in [1.82, 2.24) is 4.90 Å². The van der Waals surface area contributed by atoms with Crippen LogP contribution in [0.25, 0.3) is 0 Å². The molecule has 0 aromatic rings. The average Bonchev–Trinajstić information content (AvgIpc) is 2.49. The van der Waals surface area contributed by atoms with Gasteiger partial charge in [-0.1, -0.05) is 0 Å². The second kappa shape index (κ2) is 4.84. The van der Waals surface area contributed by atoms with E-state index >= 15 is 0 Å². The van der Waals surface area contributed by atoms with Crippen molar-refractivity contribution in [2.75, 3.05) is 13.7 Å². The number of ether oxygens (including phenoxy) is 1. The van der Waals surface area contributed by atoms with E-state index in [9.17, 15) is 18.0 Å². The van der Waals surface area contributed by atoms with Crippen molar-refractivity contribution in [3.8, 4) is 0 Å². The molecule has 0 aromatic carbocycles. The zero-order chi connectivity index (χ0) is 10.1. The van der Waals surface area contributed by atoms with Crippen molar-refractivity contribution in [3.63, 3.8) is 0 Å². The third kappa shape index (κ3) is 2.75. The van der Waals surface area contributed by atoms with Crippen molar-refractivity contribution in [3.05, 3.63) is 0 Å². The number of hydrogen-bond acceptors (Lipinski definition) is 3. The minimum Gasteiger partial charge on any atom is -0.468 e. The summed E-state index contributed by atoms with van der Waals surface area (Å²) in [6.45, 7) is -0.122. The molecule has 0 N–H and O–H groups in total. The van der Waals surface area contributed by atoms with Crippen LogP contribution in [0.4, 0.5) is 13.2 Å². The molecule has 0 radical (unpaired) electrons. The van der Waals surface area contributed by atoms with E-state index in [0.717, 1.165) is 7.11 Å². The lowest BCUT2D eigenvalue weighted by Gasteiger charge is -2.24. The van der Waals surface area contributed by atoms with Gasteiger partial charge in [-0.2, -0.15) is 13.2 Å². The predicted octanol–water partition coefficient (Wildman–Crippen LogP) is 1.57. The van der Waals surface area contributed by atoms with Gasteiger partial charge in [0.25, 0.3) is 0 Å². The Morgan fingerprint density at radius 3 is 2.50 bits per heavy atom. The third-order valence-corrected chi connectivity index (χ3v) is 2.05. The lowest BCUT2D eigenvalue weighted by Crippen LogP contribution is -2.45. The van der Waals surface area contributed by atoms with Crippen LogP contribution in [0.2, 0.25) is 0 Å². The molecule has 1 aliphatic rings. The summed E-state index contributed by atoms with van der Waals surface area (Å²) in [6, 6.07) is -1.15. The Bertz CT molecular complexity index is 210. The summed E-state index contributed by atoms with van der Waals surface area (Å²) in [7, 11) is 1.09. The fourth-order valence-corrected chi connectivity index (χ4v) is 1.45. The molecule has 0 aliphatic carbocycles. The van der Waals surface area contributed by atoms with Gasteiger partial charge >= 0.3 is 12.3 Å². The topological polar surface area (TPSA) is 29.5 Å². The Morgan fingerprint density at radius 1 is 1.50 bits per heavy atom. The molecule has 0 aromatic heterocycles. The van der Waals surface area contributed by atoms with E-state index in [1.165, 1.54) is 0 Å². The first-order valence-electron chi connectivity index (χ1n) is 3.88. The van der Waals surface area contributed by atoms with E-state index in [1.54, 1.807) is 0 Å². The SMILES string of the molecule is COC(=O)[C@H]1CCCN1C(F)(F)F.Cl. The van der Waals surface area contributed by atoms with Gasteiger partial charge in [0.2, 0.25) is 0 Å². The summed E-state index contributed by atoms with van der Waals surface area (Å²) in [5.74, 6) is -0.810. The maximum Gasteiger partial charge on any atom is 0.460 e. The number of methoxy groups -OCH3 is 1. The number of hydrogen-bond donors (Lipinski definition) is 0. The molecule has 1 saturated heterocycles. The Morgan fingerprint density at radius 2 is 2.07 bits per heavy atom. The monoisotopic (exact) mass is 233 g/mol. The third-order valence-electron chi connectivity index (χ3n) is 2.05. The molecule has 0 bridgehead atoms. The van der Waals surface area contributed by atoms with Crippen LogP contribution in [-0.4, -0.2) is 36.9 Å². The number of likely N-dealkylation sites (tertiary alicyclic amines) is 1. The Balaban J connectivity index is 0.00000169. The number of alkyl halides is 3. The highest BCUT2D eigenvalue weighted by Gasteiger charge is 2.47. The first kappa shape index (κ1) is 13.5. The first-order chi connectivity index (χ1) is 5.96. The molecule has 1 fully saturated rings. The van der Waals surface area contributed by atoms with Gasteiger partial charge in [0.15, 0.2) is 0 Å². The molecule has 14 heavy (non-hydrogen) atoms. The average molecular weight is 234 g/mol. The fraction of sp³-hybridized carbons (Fsp3) is 0.857. The van der Waals surface area contributed by atoms with Crippen LogP contribution in [0.3, 0.4) is 0 Å². The quantitative estimate of drug-likeness (QED) is 0.509. The van der Waals surface area contributed by atoms with Crippen LogP contribution in [-0.2, 0) is 9.53 Å². The number of carbonyl (C=O) groups is 1. The van der Waals surface area contributed by atoms with E-state index in [0.29, 0.717) is 6.42 Å². The summed E-state index contributed by atoms with van der Waals surface area (Å²) >= 11 is 0. The van der Waals surface area contributed by atoms with E-state index in [1.807, 2.05) is 0 Å². The number of halogens is 4. The zero-order valence-electron chi connectivity index (χ0n) is 7.50. The molecule has 7 heteroatoms. The smallest absolute Gasteiger partial charge is 0.460 e. The summed E-state index contributed by atoms with van der Waals surface area (Å²) < 4.78 is 41.0. The predicted molar refractivity (Wildman–Crippen MR) is 45.0 cm³/mol. The maximum atomic E-state index is 12.2.